The summed E-state index contributed by atoms with van der Waals surface area (Å²) in [5, 5.41) is 22.9. The van der Waals surface area contributed by atoms with Crippen molar-refractivity contribution in [2.75, 3.05) is 16.9 Å². The van der Waals surface area contributed by atoms with Gasteiger partial charge < -0.3 is 14.7 Å². The molecule has 0 aliphatic carbocycles. The number of imide groups is 1. The summed E-state index contributed by atoms with van der Waals surface area (Å²) in [6, 6.07) is 17.2. The van der Waals surface area contributed by atoms with E-state index in [1.807, 2.05) is 31.2 Å². The Morgan fingerprint density at radius 2 is 1.79 bits per heavy atom. The number of carbonyl (C=O) groups is 3. The smallest absolute Gasteiger partial charge is 0.411 e. The highest BCUT2D eigenvalue weighted by molar-refractivity contribution is 6.46. The Morgan fingerprint density at radius 1 is 1.11 bits per heavy atom. The summed E-state index contributed by atoms with van der Waals surface area (Å²) in [6.07, 6.45) is -0.994. The number of nitrogens with one attached hydrogen (secondary N) is 2. The average molecular weight is 552 g/mol. The second kappa shape index (κ2) is 11.2. The van der Waals surface area contributed by atoms with Crippen LogP contribution in [0.3, 0.4) is 0 Å². The molecule has 10 nitrogen and oxygen atoms in total. The number of benzene rings is 3. The molecule has 0 saturated carbocycles. The highest BCUT2D eigenvalue weighted by Crippen LogP contribution is 2.39. The predicted molar refractivity (Wildman–Crippen MR) is 142 cm³/mol. The molecule has 0 fully saturated rings. The summed E-state index contributed by atoms with van der Waals surface area (Å²) >= 11 is 12.7. The number of carbonyl (C=O) groups excluding carboxylic acids is 2. The summed E-state index contributed by atoms with van der Waals surface area (Å²) in [7, 11) is 0. The van der Waals surface area contributed by atoms with Crippen LogP contribution < -0.4 is 20.4 Å². The number of halogens is 2. The molecule has 0 bridgehead atoms. The number of nitrogens with zero attached hydrogens (tertiary/aromatic N) is 3. The molecule has 1 aliphatic rings. The van der Waals surface area contributed by atoms with Crippen LogP contribution in [0.15, 0.2) is 59.7 Å². The van der Waals surface area contributed by atoms with Crippen LogP contribution >= 0.6 is 23.2 Å². The lowest BCUT2D eigenvalue weighted by molar-refractivity contribution is -0.114. The van der Waals surface area contributed by atoms with E-state index in [9.17, 15) is 14.4 Å². The number of hydrogen-bond acceptors (Lipinski definition) is 7. The minimum atomic E-state index is -1.62. The molecule has 0 unspecified atom stereocenters. The first-order chi connectivity index (χ1) is 18.2. The third kappa shape index (κ3) is 5.86. The van der Waals surface area contributed by atoms with Gasteiger partial charge in [0.15, 0.2) is 5.75 Å². The van der Waals surface area contributed by atoms with Gasteiger partial charge in [0, 0.05) is 17.8 Å². The summed E-state index contributed by atoms with van der Waals surface area (Å²) in [5.74, 6) is -0.713. The van der Waals surface area contributed by atoms with E-state index in [0.717, 1.165) is 16.8 Å². The number of nitriles is 1. The number of rotatable bonds is 6. The van der Waals surface area contributed by atoms with E-state index in [1.165, 1.54) is 23.5 Å². The van der Waals surface area contributed by atoms with E-state index in [1.54, 1.807) is 23.1 Å². The van der Waals surface area contributed by atoms with Crippen molar-refractivity contribution in [3.63, 3.8) is 0 Å². The van der Waals surface area contributed by atoms with Gasteiger partial charge in [0.05, 0.1) is 15.7 Å². The molecule has 0 radical (unpaired) electrons. The van der Waals surface area contributed by atoms with Gasteiger partial charge in [-0.05, 0) is 61.4 Å². The number of ether oxygens (including phenoxy) is 1. The summed E-state index contributed by atoms with van der Waals surface area (Å²) < 4.78 is 5.92. The van der Waals surface area contributed by atoms with Gasteiger partial charge in [0.2, 0.25) is 5.71 Å². The Hall–Kier alpha value is -4.59. The van der Waals surface area contributed by atoms with Crippen molar-refractivity contribution in [3.05, 3.63) is 81.3 Å². The monoisotopic (exact) mass is 551 g/mol. The molecule has 38 heavy (non-hydrogen) atoms. The lowest BCUT2D eigenvalue weighted by Crippen LogP contribution is -2.37. The molecule has 1 heterocycles. The van der Waals surface area contributed by atoms with Gasteiger partial charge in [-0.3, -0.25) is 20.3 Å². The first-order valence-electron chi connectivity index (χ1n) is 11.1. The molecule has 3 aromatic carbocycles. The largest absolute Gasteiger partial charge is 0.465 e. The van der Waals surface area contributed by atoms with Crippen molar-refractivity contribution >= 4 is 58.2 Å². The standard InChI is InChI=1S/C26H19Cl2N5O5/c1-14-2-4-17(5-3-14)33-9-8-15-10-18(6-7-19(15)25(33)35)38-23-20(27)11-16(12-21(23)28)31-32-22(13-29)24(34)30-26(36)37/h2-7,10-12,31H,8-9H2,1H3,(H,30,34)(H,36,37). The van der Waals surface area contributed by atoms with Crippen LogP contribution in [0.1, 0.15) is 21.5 Å². The quantitative estimate of drug-likeness (QED) is 0.275. The predicted octanol–water partition coefficient (Wildman–Crippen LogP) is 5.38. The maximum absolute atomic E-state index is 13.1. The van der Waals surface area contributed by atoms with Gasteiger partial charge in [0.25, 0.3) is 11.8 Å². The van der Waals surface area contributed by atoms with E-state index < -0.39 is 17.7 Å². The first-order valence-corrected chi connectivity index (χ1v) is 11.9. The zero-order chi connectivity index (χ0) is 27.4. The molecule has 12 heteroatoms. The topological polar surface area (TPSA) is 144 Å². The van der Waals surface area contributed by atoms with Gasteiger partial charge in [-0.2, -0.15) is 10.4 Å². The maximum atomic E-state index is 13.1. The summed E-state index contributed by atoms with van der Waals surface area (Å²) in [6.45, 7) is 2.51. The Morgan fingerprint density at radius 3 is 2.42 bits per heavy atom. The van der Waals surface area contributed by atoms with E-state index in [0.29, 0.717) is 24.3 Å². The van der Waals surface area contributed by atoms with Crippen LogP contribution in [-0.4, -0.2) is 35.3 Å². The fraction of sp³-hybridized carbons (Fsp3) is 0.115. The van der Waals surface area contributed by atoms with Gasteiger partial charge in [-0.15, -0.1) is 0 Å². The Balaban J connectivity index is 1.50. The van der Waals surface area contributed by atoms with Crippen LogP contribution in [-0.2, 0) is 11.2 Å². The fourth-order valence-electron chi connectivity index (χ4n) is 3.74. The van der Waals surface area contributed by atoms with Gasteiger partial charge in [0.1, 0.15) is 11.8 Å². The fourth-order valence-corrected chi connectivity index (χ4v) is 4.31. The molecule has 0 spiro atoms. The van der Waals surface area contributed by atoms with Crippen molar-refractivity contribution in [2.24, 2.45) is 5.10 Å². The second-order valence-corrected chi connectivity index (χ2v) is 8.99. The van der Waals surface area contributed by atoms with Crippen LogP contribution in [0.2, 0.25) is 10.0 Å². The molecule has 3 amide bonds. The van der Waals surface area contributed by atoms with E-state index in [4.69, 9.17) is 38.3 Å². The molecule has 0 atom stereocenters. The van der Waals surface area contributed by atoms with E-state index in [2.05, 4.69) is 10.5 Å². The van der Waals surface area contributed by atoms with Crippen LogP contribution in [0.25, 0.3) is 0 Å². The molecule has 4 rings (SSSR count). The Labute approximate surface area is 227 Å². The van der Waals surface area contributed by atoms with Crippen molar-refractivity contribution in [1.82, 2.24) is 5.32 Å². The molecule has 0 aromatic heterocycles. The van der Waals surface area contributed by atoms with Crippen LogP contribution in [0, 0.1) is 18.3 Å². The van der Waals surface area contributed by atoms with Gasteiger partial charge in [-0.25, -0.2) is 4.79 Å². The summed E-state index contributed by atoms with van der Waals surface area (Å²) in [5.41, 5.74) is 5.30. The Kier molecular flexibility index (Phi) is 7.81. The molecular formula is C26H19Cl2N5O5. The van der Waals surface area contributed by atoms with Crippen molar-refractivity contribution in [3.8, 4) is 17.6 Å². The number of amides is 3. The highest BCUT2D eigenvalue weighted by Gasteiger charge is 2.26. The average Bonchev–Trinajstić information content (AvgIpc) is 2.87. The number of anilines is 2. The van der Waals surface area contributed by atoms with Gasteiger partial charge >= 0.3 is 6.09 Å². The number of aryl methyl sites for hydroxylation is 1. The van der Waals surface area contributed by atoms with Gasteiger partial charge in [-0.1, -0.05) is 40.9 Å². The van der Waals surface area contributed by atoms with E-state index >= 15 is 0 Å². The van der Waals surface area contributed by atoms with Crippen LogP contribution in [0.5, 0.6) is 11.5 Å². The highest BCUT2D eigenvalue weighted by atomic mass is 35.5. The number of hydrazone groups is 1. The first kappa shape index (κ1) is 26.5. The van der Waals surface area contributed by atoms with Crippen molar-refractivity contribution < 1.29 is 24.2 Å². The number of carboxylic acid groups (broad SMARTS) is 1. The Bertz CT molecular complexity index is 1490. The molecular weight excluding hydrogens is 533 g/mol. The van der Waals surface area contributed by atoms with E-state index in [-0.39, 0.29) is 27.4 Å². The SMILES string of the molecule is Cc1ccc(N2CCc3cc(Oc4c(Cl)cc(NN=C(C#N)C(=O)NC(=O)O)cc4Cl)ccc3C2=O)cc1. The number of hydrogen-bond donors (Lipinski definition) is 3. The second-order valence-electron chi connectivity index (χ2n) is 8.18. The third-order valence-corrected chi connectivity index (χ3v) is 6.12. The minimum absolute atomic E-state index is 0.0949. The number of fused-ring (bicyclic) bond motifs is 1. The maximum Gasteiger partial charge on any atom is 0.411 e. The van der Waals surface area contributed by atoms with Crippen molar-refractivity contribution in [2.45, 2.75) is 13.3 Å². The van der Waals surface area contributed by atoms with Crippen LogP contribution in [0.4, 0.5) is 16.2 Å². The lowest BCUT2D eigenvalue weighted by atomic mass is 9.98. The molecule has 3 aromatic rings. The minimum Gasteiger partial charge on any atom is -0.465 e. The molecule has 1 aliphatic heterocycles. The normalized spacial score (nSPS) is 12.8. The molecule has 0 saturated heterocycles. The zero-order valence-electron chi connectivity index (χ0n) is 19.8. The molecule has 3 N–H and O–H groups in total. The van der Waals surface area contributed by atoms with Crippen molar-refractivity contribution in [1.29, 1.82) is 5.26 Å². The third-order valence-electron chi connectivity index (χ3n) is 5.56. The lowest BCUT2D eigenvalue weighted by Gasteiger charge is -2.29. The summed E-state index contributed by atoms with van der Waals surface area (Å²) in [4.78, 5) is 37.1. The molecule has 192 valence electrons. The zero-order valence-corrected chi connectivity index (χ0v) is 21.3.